The first-order chi connectivity index (χ1) is 8.00. The van der Waals surface area contributed by atoms with Crippen molar-refractivity contribution >= 4 is 23.2 Å². The van der Waals surface area contributed by atoms with E-state index in [0.717, 1.165) is 0 Å². The summed E-state index contributed by atoms with van der Waals surface area (Å²) in [6, 6.07) is 5.46. The predicted molar refractivity (Wildman–Crippen MR) is 71.1 cm³/mol. The molecule has 1 atom stereocenters. The van der Waals surface area contributed by atoms with E-state index >= 15 is 0 Å². The van der Waals surface area contributed by atoms with Crippen LogP contribution in [0, 0.1) is 0 Å². The maximum atomic E-state index is 9.67. The van der Waals surface area contributed by atoms with Gasteiger partial charge >= 0.3 is 0 Å². The topological polar surface area (TPSA) is 41.5 Å². The maximum absolute atomic E-state index is 9.67. The van der Waals surface area contributed by atoms with Gasteiger partial charge in [-0.3, -0.25) is 0 Å². The molecule has 1 aromatic carbocycles. The Morgan fingerprint density at radius 2 is 1.88 bits per heavy atom. The van der Waals surface area contributed by atoms with E-state index in [0.29, 0.717) is 28.4 Å². The molecule has 0 amide bonds. The van der Waals surface area contributed by atoms with E-state index in [9.17, 15) is 5.11 Å². The lowest BCUT2D eigenvalue weighted by Crippen LogP contribution is -2.35. The molecule has 0 aliphatic carbocycles. The first kappa shape index (κ1) is 14.6. The Bertz CT molecular complexity index is 338. The summed E-state index contributed by atoms with van der Waals surface area (Å²) in [6.07, 6.45) is -0.593. The zero-order valence-corrected chi connectivity index (χ0v) is 11.4. The van der Waals surface area contributed by atoms with Gasteiger partial charge in [0.1, 0.15) is 12.7 Å². The number of hydrogen-bond acceptors (Lipinski definition) is 3. The largest absolute Gasteiger partial charge is 0.488 e. The van der Waals surface area contributed by atoms with Gasteiger partial charge in [0.15, 0.2) is 5.75 Å². The van der Waals surface area contributed by atoms with Crippen LogP contribution in [-0.4, -0.2) is 30.4 Å². The van der Waals surface area contributed by atoms with Crippen molar-refractivity contribution in [2.75, 3.05) is 13.2 Å². The predicted octanol–water partition coefficient (Wildman–Crippen LogP) is 2.73. The normalized spacial score (nSPS) is 12.8. The standard InChI is InChI=1S/C12H17Cl2NO2/c1-8(2)15-6-9(16)7-17-12-10(13)4-3-5-11(12)14/h3-5,8-9,15-16H,6-7H2,1-2H3/t9-/m0/s1. The van der Waals surface area contributed by atoms with Gasteiger partial charge in [-0.1, -0.05) is 43.1 Å². The van der Waals surface area contributed by atoms with Gasteiger partial charge in [-0.05, 0) is 12.1 Å². The first-order valence-corrected chi connectivity index (χ1v) is 6.24. The molecule has 1 aromatic rings. The van der Waals surface area contributed by atoms with Gasteiger partial charge in [0.05, 0.1) is 10.0 Å². The number of para-hydroxylation sites is 1. The van der Waals surface area contributed by atoms with Crippen LogP contribution in [0.2, 0.25) is 10.0 Å². The van der Waals surface area contributed by atoms with E-state index in [1.807, 2.05) is 13.8 Å². The zero-order valence-electron chi connectivity index (χ0n) is 9.91. The third-order valence-electron chi connectivity index (χ3n) is 2.10. The SMILES string of the molecule is CC(C)NC[C@H](O)COc1c(Cl)cccc1Cl. The molecule has 0 aliphatic rings. The van der Waals surface area contributed by atoms with E-state index < -0.39 is 6.10 Å². The van der Waals surface area contributed by atoms with Crippen LogP contribution in [0.3, 0.4) is 0 Å². The van der Waals surface area contributed by atoms with Crippen LogP contribution < -0.4 is 10.1 Å². The Kier molecular flexibility index (Phi) is 6.06. The van der Waals surface area contributed by atoms with Crippen LogP contribution in [0.5, 0.6) is 5.75 Å². The molecule has 0 fully saturated rings. The van der Waals surface area contributed by atoms with E-state index in [-0.39, 0.29) is 6.61 Å². The summed E-state index contributed by atoms with van der Waals surface area (Å²) in [7, 11) is 0. The maximum Gasteiger partial charge on any atom is 0.156 e. The third-order valence-corrected chi connectivity index (χ3v) is 2.70. The Labute approximate surface area is 112 Å². The van der Waals surface area contributed by atoms with Crippen molar-refractivity contribution in [3.63, 3.8) is 0 Å². The van der Waals surface area contributed by atoms with Crippen LogP contribution in [0.1, 0.15) is 13.8 Å². The molecule has 0 saturated heterocycles. The molecule has 0 aromatic heterocycles. The van der Waals surface area contributed by atoms with Gasteiger partial charge in [-0.2, -0.15) is 0 Å². The molecule has 17 heavy (non-hydrogen) atoms. The van der Waals surface area contributed by atoms with Crippen LogP contribution >= 0.6 is 23.2 Å². The highest BCUT2D eigenvalue weighted by Crippen LogP contribution is 2.32. The average molecular weight is 278 g/mol. The highest BCUT2D eigenvalue weighted by atomic mass is 35.5. The van der Waals surface area contributed by atoms with Gasteiger partial charge < -0.3 is 15.2 Å². The Hall–Kier alpha value is -0.480. The fourth-order valence-corrected chi connectivity index (χ4v) is 1.74. The van der Waals surface area contributed by atoms with Crippen molar-refractivity contribution in [3.8, 4) is 5.75 Å². The Balaban J connectivity index is 2.44. The molecule has 3 nitrogen and oxygen atoms in total. The van der Waals surface area contributed by atoms with E-state index in [2.05, 4.69) is 5.32 Å². The zero-order chi connectivity index (χ0) is 12.8. The molecule has 5 heteroatoms. The minimum atomic E-state index is -0.593. The molecule has 0 heterocycles. The Morgan fingerprint density at radius 1 is 1.29 bits per heavy atom. The molecule has 0 saturated carbocycles. The van der Waals surface area contributed by atoms with Crippen molar-refractivity contribution < 1.29 is 9.84 Å². The van der Waals surface area contributed by atoms with E-state index in [1.54, 1.807) is 18.2 Å². The quantitative estimate of drug-likeness (QED) is 0.840. The smallest absolute Gasteiger partial charge is 0.156 e. The fraction of sp³-hybridized carbons (Fsp3) is 0.500. The number of hydrogen-bond donors (Lipinski definition) is 2. The molecule has 0 spiro atoms. The lowest BCUT2D eigenvalue weighted by atomic mass is 10.3. The van der Waals surface area contributed by atoms with Crippen molar-refractivity contribution in [3.05, 3.63) is 28.2 Å². The van der Waals surface area contributed by atoms with Crippen molar-refractivity contribution in [1.82, 2.24) is 5.32 Å². The summed E-state index contributed by atoms with van der Waals surface area (Å²) >= 11 is 11.9. The van der Waals surface area contributed by atoms with E-state index in [1.165, 1.54) is 0 Å². The van der Waals surface area contributed by atoms with Gasteiger partial charge in [-0.15, -0.1) is 0 Å². The molecule has 0 bridgehead atoms. The van der Waals surface area contributed by atoms with Gasteiger partial charge in [0.25, 0.3) is 0 Å². The molecule has 96 valence electrons. The molecule has 0 unspecified atom stereocenters. The van der Waals surface area contributed by atoms with Crippen molar-refractivity contribution in [2.45, 2.75) is 26.0 Å². The second-order valence-corrected chi connectivity index (χ2v) is 4.89. The summed E-state index contributed by atoms with van der Waals surface area (Å²) < 4.78 is 5.41. The molecule has 0 aliphatic heterocycles. The van der Waals surface area contributed by atoms with Crippen molar-refractivity contribution in [1.29, 1.82) is 0 Å². The van der Waals surface area contributed by atoms with Crippen molar-refractivity contribution in [2.24, 2.45) is 0 Å². The molecule has 0 radical (unpaired) electrons. The summed E-state index contributed by atoms with van der Waals surface area (Å²) in [4.78, 5) is 0. The Morgan fingerprint density at radius 3 is 2.41 bits per heavy atom. The first-order valence-electron chi connectivity index (χ1n) is 5.49. The molecule has 2 N–H and O–H groups in total. The summed E-state index contributed by atoms with van der Waals surface area (Å²) in [5.41, 5.74) is 0. The van der Waals surface area contributed by atoms with Crippen LogP contribution in [0.25, 0.3) is 0 Å². The number of halogens is 2. The highest BCUT2D eigenvalue weighted by Gasteiger charge is 2.10. The van der Waals surface area contributed by atoms with Crippen LogP contribution in [0.15, 0.2) is 18.2 Å². The number of aliphatic hydroxyl groups excluding tert-OH is 1. The molecular formula is C12H17Cl2NO2. The lowest BCUT2D eigenvalue weighted by molar-refractivity contribution is 0.105. The van der Waals surface area contributed by atoms with E-state index in [4.69, 9.17) is 27.9 Å². The second kappa shape index (κ2) is 7.07. The molecular weight excluding hydrogens is 261 g/mol. The number of aliphatic hydroxyl groups is 1. The average Bonchev–Trinajstić information content (AvgIpc) is 2.25. The number of nitrogens with one attached hydrogen (secondary N) is 1. The fourth-order valence-electron chi connectivity index (χ4n) is 1.23. The van der Waals surface area contributed by atoms with Gasteiger partial charge in [0, 0.05) is 12.6 Å². The number of ether oxygens (including phenoxy) is 1. The summed E-state index contributed by atoms with van der Waals surface area (Å²) in [6.45, 7) is 4.65. The molecule has 1 rings (SSSR count). The number of benzene rings is 1. The van der Waals surface area contributed by atoms with Crippen LogP contribution in [0.4, 0.5) is 0 Å². The highest BCUT2D eigenvalue weighted by molar-refractivity contribution is 6.37. The summed E-state index contributed by atoms with van der Waals surface area (Å²) in [5, 5.41) is 13.7. The minimum absolute atomic E-state index is 0.156. The monoisotopic (exact) mass is 277 g/mol. The lowest BCUT2D eigenvalue weighted by Gasteiger charge is -2.16. The van der Waals surface area contributed by atoms with Gasteiger partial charge in [-0.25, -0.2) is 0 Å². The summed E-state index contributed by atoms with van der Waals surface area (Å²) in [5.74, 6) is 0.416. The third kappa shape index (κ3) is 5.13. The number of rotatable bonds is 6. The van der Waals surface area contributed by atoms with Gasteiger partial charge in [0.2, 0.25) is 0 Å². The van der Waals surface area contributed by atoms with Crippen LogP contribution in [-0.2, 0) is 0 Å². The second-order valence-electron chi connectivity index (χ2n) is 4.08. The minimum Gasteiger partial charge on any atom is -0.488 e.